The van der Waals surface area contributed by atoms with Crippen LogP contribution in [-0.2, 0) is 19.3 Å². The molecule has 0 unspecified atom stereocenters. The zero-order chi connectivity index (χ0) is 16.6. The maximum absolute atomic E-state index is 5.56. The zero-order valence-corrected chi connectivity index (χ0v) is 13.9. The summed E-state index contributed by atoms with van der Waals surface area (Å²) in [6.07, 6.45) is 3.05. The Balaban J connectivity index is 1.47. The summed E-state index contributed by atoms with van der Waals surface area (Å²) in [7, 11) is 0. The minimum atomic E-state index is 0.576. The lowest BCUT2D eigenvalue weighted by molar-refractivity contribution is 0.357. The molecule has 2 aromatic carbocycles. The van der Waals surface area contributed by atoms with Crippen molar-refractivity contribution in [2.24, 2.45) is 0 Å². The average Bonchev–Trinajstić information content (AvgIpc) is 3.25. The molecule has 3 heterocycles. The molecule has 5 nitrogen and oxygen atoms in total. The molecule has 5 heteroatoms. The fourth-order valence-electron chi connectivity index (χ4n) is 3.59. The third-order valence-electron chi connectivity index (χ3n) is 4.97. The van der Waals surface area contributed by atoms with Gasteiger partial charge >= 0.3 is 0 Å². The highest BCUT2D eigenvalue weighted by molar-refractivity contribution is 5.63. The maximum atomic E-state index is 5.56. The van der Waals surface area contributed by atoms with Gasteiger partial charge in [0.25, 0.3) is 5.89 Å². The first-order valence-corrected chi connectivity index (χ1v) is 8.79. The molecular weight excluding hydrogens is 314 g/mol. The van der Waals surface area contributed by atoms with Crippen molar-refractivity contribution in [1.29, 1.82) is 0 Å². The Hall–Kier alpha value is -2.66. The van der Waals surface area contributed by atoms with Gasteiger partial charge in [-0.3, -0.25) is 0 Å². The summed E-state index contributed by atoms with van der Waals surface area (Å²) in [4.78, 5) is 4.61. The fraction of sp³-hybridized carbons (Fsp3) is 0.300. The Morgan fingerprint density at radius 3 is 2.64 bits per heavy atom. The number of hydrogen-bond donors (Lipinski definition) is 1. The van der Waals surface area contributed by atoms with Crippen molar-refractivity contribution >= 4 is 0 Å². The van der Waals surface area contributed by atoms with Gasteiger partial charge in [0.15, 0.2) is 0 Å². The quantitative estimate of drug-likeness (QED) is 0.781. The molecule has 0 saturated heterocycles. The molecule has 0 atom stereocenters. The van der Waals surface area contributed by atoms with Crippen LogP contribution < -0.4 is 10.1 Å². The van der Waals surface area contributed by atoms with Crippen LogP contribution in [-0.4, -0.2) is 29.8 Å². The van der Waals surface area contributed by atoms with Gasteiger partial charge in [-0.1, -0.05) is 11.2 Å². The van der Waals surface area contributed by atoms with E-state index in [1.807, 2.05) is 12.1 Å². The molecular formula is C20H19N3O2. The number of benzene rings is 2. The van der Waals surface area contributed by atoms with E-state index in [-0.39, 0.29) is 0 Å². The van der Waals surface area contributed by atoms with Crippen molar-refractivity contribution < 1.29 is 9.26 Å². The molecule has 2 aliphatic rings. The molecule has 1 N–H and O–H groups in total. The summed E-state index contributed by atoms with van der Waals surface area (Å²) in [5, 5.41) is 7.62. The molecule has 0 aliphatic carbocycles. The Labute approximate surface area is 146 Å². The molecule has 0 fully saturated rings. The Morgan fingerprint density at radius 1 is 0.840 bits per heavy atom. The summed E-state index contributed by atoms with van der Waals surface area (Å²) in [5.74, 6) is 2.17. The third-order valence-corrected chi connectivity index (χ3v) is 4.97. The summed E-state index contributed by atoms with van der Waals surface area (Å²) >= 11 is 0. The number of nitrogens with one attached hydrogen (secondary N) is 1. The largest absolute Gasteiger partial charge is 0.493 e. The minimum absolute atomic E-state index is 0.576. The smallest absolute Gasteiger partial charge is 0.258 e. The first-order chi connectivity index (χ1) is 12.4. The molecule has 0 spiro atoms. The van der Waals surface area contributed by atoms with E-state index in [0.29, 0.717) is 11.7 Å². The Bertz CT molecular complexity index is 932. The van der Waals surface area contributed by atoms with Gasteiger partial charge < -0.3 is 14.6 Å². The van der Waals surface area contributed by atoms with E-state index < -0.39 is 0 Å². The van der Waals surface area contributed by atoms with E-state index in [9.17, 15) is 0 Å². The van der Waals surface area contributed by atoms with Gasteiger partial charge in [-0.2, -0.15) is 4.98 Å². The second-order valence-corrected chi connectivity index (χ2v) is 6.58. The summed E-state index contributed by atoms with van der Waals surface area (Å²) in [5.41, 5.74) is 5.95. The number of nitrogens with zero attached hydrogens (tertiary/aromatic N) is 2. The van der Waals surface area contributed by atoms with Gasteiger partial charge in [-0.25, -0.2) is 0 Å². The standard InChI is InChI=1S/C20H19N3O2/c1-2-17(11-14-6-9-21-8-5-13(1)14)20-22-19(23-25-20)16-3-4-18-15(12-16)7-10-24-18/h1-4,11-12,21H,5-10H2. The minimum Gasteiger partial charge on any atom is -0.493 e. The third kappa shape index (κ3) is 2.70. The van der Waals surface area contributed by atoms with Crippen molar-refractivity contribution in [2.45, 2.75) is 19.3 Å². The van der Waals surface area contributed by atoms with Gasteiger partial charge in [-0.15, -0.1) is 0 Å². The topological polar surface area (TPSA) is 60.2 Å². The van der Waals surface area contributed by atoms with Crippen LogP contribution >= 0.6 is 0 Å². The van der Waals surface area contributed by atoms with Crippen molar-refractivity contribution in [3.05, 3.63) is 53.1 Å². The highest BCUT2D eigenvalue weighted by Crippen LogP contribution is 2.30. The van der Waals surface area contributed by atoms with Crippen LogP contribution in [0.4, 0.5) is 0 Å². The lowest BCUT2D eigenvalue weighted by atomic mass is 10.00. The molecule has 0 amide bonds. The Morgan fingerprint density at radius 2 is 1.68 bits per heavy atom. The van der Waals surface area contributed by atoms with E-state index in [0.717, 1.165) is 55.8 Å². The zero-order valence-electron chi connectivity index (χ0n) is 13.9. The van der Waals surface area contributed by atoms with Crippen LogP contribution in [0.15, 0.2) is 40.9 Å². The van der Waals surface area contributed by atoms with Gasteiger partial charge in [0.1, 0.15) is 5.75 Å². The lowest BCUT2D eigenvalue weighted by Gasteiger charge is -2.05. The van der Waals surface area contributed by atoms with E-state index in [1.54, 1.807) is 0 Å². The first kappa shape index (κ1) is 14.7. The van der Waals surface area contributed by atoms with Gasteiger partial charge in [0, 0.05) is 17.5 Å². The predicted molar refractivity (Wildman–Crippen MR) is 94.6 cm³/mol. The van der Waals surface area contributed by atoms with Crippen LogP contribution in [0.5, 0.6) is 5.75 Å². The van der Waals surface area contributed by atoms with Crippen molar-refractivity contribution in [2.75, 3.05) is 19.7 Å². The van der Waals surface area contributed by atoms with E-state index in [1.165, 1.54) is 16.7 Å². The highest BCUT2D eigenvalue weighted by atomic mass is 16.5. The van der Waals surface area contributed by atoms with Crippen LogP contribution in [0, 0.1) is 0 Å². The number of fused-ring (bicyclic) bond motifs is 2. The van der Waals surface area contributed by atoms with Crippen LogP contribution in [0.3, 0.4) is 0 Å². The van der Waals surface area contributed by atoms with E-state index in [2.05, 4.69) is 39.7 Å². The van der Waals surface area contributed by atoms with Crippen molar-refractivity contribution in [3.8, 4) is 28.6 Å². The summed E-state index contributed by atoms with van der Waals surface area (Å²) < 4.78 is 11.1. The molecule has 3 aromatic rings. The van der Waals surface area contributed by atoms with Gasteiger partial charge in [-0.05, 0) is 73.0 Å². The molecule has 0 radical (unpaired) electrons. The molecule has 25 heavy (non-hydrogen) atoms. The van der Waals surface area contributed by atoms with E-state index >= 15 is 0 Å². The summed E-state index contributed by atoms with van der Waals surface area (Å²) in [6, 6.07) is 12.5. The molecule has 0 bridgehead atoms. The fourth-order valence-corrected chi connectivity index (χ4v) is 3.59. The SMILES string of the molecule is c1cc2c(cc1-c1noc(-c3ccc4c(c3)CCNCC4)n1)CCO2. The number of aromatic nitrogens is 2. The van der Waals surface area contributed by atoms with Gasteiger partial charge in [0.2, 0.25) is 5.82 Å². The highest BCUT2D eigenvalue weighted by Gasteiger charge is 2.17. The van der Waals surface area contributed by atoms with Gasteiger partial charge in [0.05, 0.1) is 6.61 Å². The second kappa shape index (κ2) is 6.01. The van der Waals surface area contributed by atoms with Crippen molar-refractivity contribution in [3.63, 3.8) is 0 Å². The normalized spacial score (nSPS) is 16.0. The lowest BCUT2D eigenvalue weighted by Crippen LogP contribution is -2.16. The average molecular weight is 333 g/mol. The number of hydrogen-bond acceptors (Lipinski definition) is 5. The molecule has 0 saturated carbocycles. The van der Waals surface area contributed by atoms with Crippen LogP contribution in [0.2, 0.25) is 0 Å². The maximum Gasteiger partial charge on any atom is 0.258 e. The molecule has 126 valence electrons. The monoisotopic (exact) mass is 333 g/mol. The number of ether oxygens (including phenoxy) is 1. The van der Waals surface area contributed by atoms with E-state index in [4.69, 9.17) is 9.26 Å². The van der Waals surface area contributed by atoms with Crippen LogP contribution in [0.1, 0.15) is 16.7 Å². The molecule has 5 rings (SSSR count). The summed E-state index contributed by atoms with van der Waals surface area (Å²) in [6.45, 7) is 2.81. The Kier molecular flexibility index (Phi) is 3.52. The number of rotatable bonds is 2. The first-order valence-electron chi connectivity index (χ1n) is 8.79. The molecule has 2 aliphatic heterocycles. The van der Waals surface area contributed by atoms with Crippen molar-refractivity contribution in [1.82, 2.24) is 15.5 Å². The van der Waals surface area contributed by atoms with Crippen LogP contribution in [0.25, 0.3) is 22.8 Å². The molecule has 1 aromatic heterocycles. The predicted octanol–water partition coefficient (Wildman–Crippen LogP) is 3.03. The second-order valence-electron chi connectivity index (χ2n) is 6.58.